The van der Waals surface area contributed by atoms with Gasteiger partial charge >= 0.3 is 0 Å². The number of hydrogen-bond donors (Lipinski definition) is 1. The van der Waals surface area contributed by atoms with Gasteiger partial charge in [0.2, 0.25) is 0 Å². The van der Waals surface area contributed by atoms with E-state index in [1.54, 1.807) is 11.3 Å². The van der Waals surface area contributed by atoms with Gasteiger partial charge in [-0.15, -0.1) is 11.3 Å². The van der Waals surface area contributed by atoms with Crippen molar-refractivity contribution < 1.29 is 4.79 Å². The van der Waals surface area contributed by atoms with Gasteiger partial charge in [-0.2, -0.15) is 8.75 Å². The predicted molar refractivity (Wildman–Crippen MR) is 92.9 cm³/mol. The van der Waals surface area contributed by atoms with E-state index in [2.05, 4.69) is 19.0 Å². The monoisotopic (exact) mass is 338 g/mol. The average Bonchev–Trinajstić information content (AvgIpc) is 3.25. The highest BCUT2D eigenvalue weighted by Crippen LogP contribution is 2.34. The van der Waals surface area contributed by atoms with Crippen LogP contribution in [0.15, 0.2) is 54.7 Å². The minimum atomic E-state index is -0.271. The number of carbonyl (C=O) groups is 1. The van der Waals surface area contributed by atoms with Crippen molar-refractivity contribution in [3.05, 3.63) is 60.4 Å². The number of nitrogens with zero attached hydrogens (tertiary/aromatic N) is 3. The zero-order valence-corrected chi connectivity index (χ0v) is 13.4. The second-order valence-electron chi connectivity index (χ2n) is 4.78. The maximum atomic E-state index is 12.2. The molecule has 0 fully saturated rings. The largest absolute Gasteiger partial charge is 0.320 e. The van der Waals surface area contributed by atoms with Crippen LogP contribution in [0.25, 0.3) is 20.8 Å². The van der Waals surface area contributed by atoms with Gasteiger partial charge in [0.25, 0.3) is 5.91 Å². The molecule has 2 aromatic carbocycles. The van der Waals surface area contributed by atoms with Crippen molar-refractivity contribution in [3.63, 3.8) is 0 Å². The highest BCUT2D eigenvalue weighted by Gasteiger charge is 2.14. The van der Waals surface area contributed by atoms with Crippen molar-refractivity contribution in [1.29, 1.82) is 0 Å². The minimum Gasteiger partial charge on any atom is -0.320 e. The molecule has 0 spiro atoms. The van der Waals surface area contributed by atoms with Gasteiger partial charge in [0.15, 0.2) is 5.69 Å². The van der Waals surface area contributed by atoms with E-state index >= 15 is 0 Å². The van der Waals surface area contributed by atoms with Crippen LogP contribution < -0.4 is 5.32 Å². The molecular weight excluding hydrogens is 328 g/mol. The lowest BCUT2D eigenvalue weighted by atomic mass is 10.2. The molecule has 7 heteroatoms. The van der Waals surface area contributed by atoms with Gasteiger partial charge in [0.05, 0.1) is 33.8 Å². The molecule has 112 valence electrons. The molecule has 0 saturated carbocycles. The first-order chi connectivity index (χ1) is 11.3. The predicted octanol–water partition coefficient (Wildman–Crippen LogP) is 4.07. The van der Waals surface area contributed by atoms with Crippen LogP contribution in [-0.2, 0) is 0 Å². The Morgan fingerprint density at radius 1 is 1.04 bits per heavy atom. The van der Waals surface area contributed by atoms with E-state index in [9.17, 15) is 4.79 Å². The maximum Gasteiger partial charge on any atom is 0.277 e. The Labute approximate surface area is 140 Å². The summed E-state index contributed by atoms with van der Waals surface area (Å²) in [6, 6.07) is 15.6. The Hall–Kier alpha value is -2.64. The summed E-state index contributed by atoms with van der Waals surface area (Å²) in [7, 11) is 0. The van der Waals surface area contributed by atoms with Crippen LogP contribution in [0, 0.1) is 0 Å². The first-order valence-electron chi connectivity index (χ1n) is 6.85. The van der Waals surface area contributed by atoms with Gasteiger partial charge in [0.1, 0.15) is 5.01 Å². The van der Waals surface area contributed by atoms with Crippen LogP contribution in [0.1, 0.15) is 10.5 Å². The van der Waals surface area contributed by atoms with Crippen LogP contribution in [0.3, 0.4) is 0 Å². The zero-order chi connectivity index (χ0) is 15.6. The molecule has 0 radical (unpaired) electrons. The van der Waals surface area contributed by atoms with Gasteiger partial charge < -0.3 is 5.32 Å². The molecule has 1 N–H and O–H groups in total. The molecule has 4 rings (SSSR count). The normalized spacial score (nSPS) is 10.8. The van der Waals surface area contributed by atoms with E-state index in [1.807, 2.05) is 48.5 Å². The first-order valence-corrected chi connectivity index (χ1v) is 8.40. The Kier molecular flexibility index (Phi) is 3.57. The third-order valence-electron chi connectivity index (χ3n) is 3.29. The summed E-state index contributed by atoms with van der Waals surface area (Å²) in [4.78, 5) is 16.9. The smallest absolute Gasteiger partial charge is 0.277 e. The Balaban J connectivity index is 1.73. The topological polar surface area (TPSA) is 67.8 Å². The number of aromatic nitrogens is 3. The lowest BCUT2D eigenvalue weighted by Crippen LogP contribution is -2.12. The lowest BCUT2D eigenvalue weighted by Gasteiger charge is -2.07. The molecular formula is C16H10N4OS2. The fourth-order valence-corrected chi connectivity index (χ4v) is 3.63. The molecule has 23 heavy (non-hydrogen) atoms. The summed E-state index contributed by atoms with van der Waals surface area (Å²) in [6.45, 7) is 0. The van der Waals surface area contributed by atoms with Crippen molar-refractivity contribution in [2.75, 3.05) is 5.32 Å². The third kappa shape index (κ3) is 2.71. The van der Waals surface area contributed by atoms with Crippen molar-refractivity contribution in [2.45, 2.75) is 0 Å². The van der Waals surface area contributed by atoms with E-state index in [0.29, 0.717) is 11.4 Å². The van der Waals surface area contributed by atoms with E-state index in [1.165, 1.54) is 6.20 Å². The number of anilines is 1. The fourth-order valence-electron chi connectivity index (χ4n) is 2.22. The summed E-state index contributed by atoms with van der Waals surface area (Å²) in [5, 5.41) is 3.76. The Morgan fingerprint density at radius 2 is 1.87 bits per heavy atom. The van der Waals surface area contributed by atoms with E-state index in [0.717, 1.165) is 32.5 Å². The molecule has 0 aliphatic heterocycles. The molecule has 0 bridgehead atoms. The van der Waals surface area contributed by atoms with Crippen molar-refractivity contribution in [1.82, 2.24) is 13.7 Å². The fraction of sp³-hybridized carbons (Fsp3) is 0. The molecule has 0 saturated heterocycles. The number of amides is 1. The number of para-hydroxylation sites is 2. The second kappa shape index (κ2) is 5.86. The minimum absolute atomic E-state index is 0.271. The van der Waals surface area contributed by atoms with E-state index < -0.39 is 0 Å². The number of nitrogens with one attached hydrogen (secondary N) is 1. The second-order valence-corrected chi connectivity index (χ2v) is 6.37. The molecule has 5 nitrogen and oxygen atoms in total. The number of fused-ring (bicyclic) bond motifs is 1. The summed E-state index contributed by atoms with van der Waals surface area (Å²) in [5.41, 5.74) is 2.88. The highest BCUT2D eigenvalue weighted by atomic mass is 32.1. The number of carbonyl (C=O) groups excluding carboxylic acids is 1. The summed E-state index contributed by atoms with van der Waals surface area (Å²) >= 11 is 2.61. The third-order valence-corrected chi connectivity index (χ3v) is 4.84. The Bertz CT molecular complexity index is 946. The summed E-state index contributed by atoms with van der Waals surface area (Å²) in [5.74, 6) is -0.271. The first kappa shape index (κ1) is 14.0. The number of rotatable bonds is 3. The molecule has 0 aliphatic carbocycles. The lowest BCUT2D eigenvalue weighted by molar-refractivity contribution is 0.102. The standard InChI is InChI=1S/C16H10N4OS2/c21-15(13-9-17-23-20-13)18-11-6-2-1-5-10(11)16-19-12-7-3-4-8-14(12)22-16/h1-9H,(H,18,21). The van der Waals surface area contributed by atoms with Crippen LogP contribution >= 0.6 is 23.1 Å². The van der Waals surface area contributed by atoms with Gasteiger partial charge in [-0.3, -0.25) is 4.79 Å². The number of hydrogen-bond acceptors (Lipinski definition) is 6. The molecule has 1 amide bonds. The molecule has 4 aromatic rings. The van der Waals surface area contributed by atoms with Crippen molar-refractivity contribution in [3.8, 4) is 10.6 Å². The summed E-state index contributed by atoms with van der Waals surface area (Å²) < 4.78 is 8.93. The van der Waals surface area contributed by atoms with Crippen LogP contribution in [0.2, 0.25) is 0 Å². The number of thiazole rings is 1. The van der Waals surface area contributed by atoms with Gasteiger partial charge in [-0.05, 0) is 24.3 Å². The van der Waals surface area contributed by atoms with Gasteiger partial charge in [-0.1, -0.05) is 24.3 Å². The maximum absolute atomic E-state index is 12.2. The molecule has 0 unspecified atom stereocenters. The van der Waals surface area contributed by atoms with Gasteiger partial charge in [-0.25, -0.2) is 4.98 Å². The van der Waals surface area contributed by atoms with E-state index in [4.69, 9.17) is 0 Å². The van der Waals surface area contributed by atoms with E-state index in [-0.39, 0.29) is 5.91 Å². The van der Waals surface area contributed by atoms with Gasteiger partial charge in [0, 0.05) is 5.56 Å². The quantitative estimate of drug-likeness (QED) is 0.611. The SMILES string of the molecule is O=C(Nc1ccccc1-c1nc2ccccc2s1)c1cnsn1. The molecule has 0 atom stereocenters. The summed E-state index contributed by atoms with van der Waals surface area (Å²) in [6.07, 6.45) is 1.46. The van der Waals surface area contributed by atoms with Crippen LogP contribution in [0.5, 0.6) is 0 Å². The molecule has 0 aliphatic rings. The molecule has 2 heterocycles. The Morgan fingerprint density at radius 3 is 2.70 bits per heavy atom. The van der Waals surface area contributed by atoms with Crippen molar-refractivity contribution >= 4 is 44.9 Å². The average molecular weight is 338 g/mol. The highest BCUT2D eigenvalue weighted by molar-refractivity contribution is 7.21. The van der Waals surface area contributed by atoms with Crippen LogP contribution in [-0.4, -0.2) is 19.6 Å². The molecule has 2 aromatic heterocycles. The van der Waals surface area contributed by atoms with Crippen molar-refractivity contribution in [2.24, 2.45) is 0 Å². The van der Waals surface area contributed by atoms with Crippen LogP contribution in [0.4, 0.5) is 5.69 Å². The number of benzene rings is 2. The zero-order valence-electron chi connectivity index (χ0n) is 11.8.